The van der Waals surface area contributed by atoms with Crippen LogP contribution in [0.25, 0.3) is 0 Å². The normalized spacial score (nSPS) is 18.1. The molecular formula is C20H31F2IN4O3. The highest BCUT2D eigenvalue weighted by molar-refractivity contribution is 14.0. The molecule has 2 heterocycles. The van der Waals surface area contributed by atoms with Crippen LogP contribution in [0.2, 0.25) is 0 Å². The largest absolute Gasteiger partial charge is 0.454 e. The average Bonchev–Trinajstić information content (AvgIpc) is 3.15. The number of piperidine rings is 1. The van der Waals surface area contributed by atoms with Gasteiger partial charge in [-0.2, -0.15) is 8.78 Å². The van der Waals surface area contributed by atoms with E-state index in [1.807, 2.05) is 0 Å². The van der Waals surface area contributed by atoms with Crippen LogP contribution in [0.5, 0.6) is 17.2 Å². The molecule has 1 fully saturated rings. The summed E-state index contributed by atoms with van der Waals surface area (Å²) in [6.45, 7) is 4.87. The summed E-state index contributed by atoms with van der Waals surface area (Å²) in [7, 11) is 1.68. The first-order chi connectivity index (χ1) is 14.0. The molecule has 2 N–H and O–H groups in total. The molecule has 0 aliphatic carbocycles. The molecule has 1 aromatic carbocycles. The van der Waals surface area contributed by atoms with Gasteiger partial charge in [-0.05, 0) is 44.8 Å². The third kappa shape index (κ3) is 6.73. The predicted molar refractivity (Wildman–Crippen MR) is 122 cm³/mol. The Morgan fingerprint density at radius 2 is 1.90 bits per heavy atom. The van der Waals surface area contributed by atoms with Gasteiger partial charge in [-0.15, -0.1) is 24.0 Å². The zero-order chi connectivity index (χ0) is 20.8. The zero-order valence-electron chi connectivity index (χ0n) is 17.6. The van der Waals surface area contributed by atoms with Crippen molar-refractivity contribution >= 4 is 29.9 Å². The van der Waals surface area contributed by atoms with Crippen molar-refractivity contribution in [3.05, 3.63) is 17.7 Å². The number of rotatable bonds is 7. The van der Waals surface area contributed by atoms with Gasteiger partial charge < -0.3 is 24.8 Å². The van der Waals surface area contributed by atoms with Crippen molar-refractivity contribution in [3.8, 4) is 17.2 Å². The summed E-state index contributed by atoms with van der Waals surface area (Å²) in [6.07, 6.45) is 2.46. The third-order valence-electron chi connectivity index (χ3n) is 5.45. The molecule has 3 rings (SSSR count). The molecule has 30 heavy (non-hydrogen) atoms. The molecule has 2 aliphatic rings. The summed E-state index contributed by atoms with van der Waals surface area (Å²) in [5.74, 6) is 2.37. The molecule has 1 aromatic rings. The molecule has 0 spiro atoms. The quantitative estimate of drug-likeness (QED) is 0.314. The highest BCUT2D eigenvalue weighted by Crippen LogP contribution is 2.38. The van der Waals surface area contributed by atoms with Gasteiger partial charge in [-0.1, -0.05) is 6.92 Å². The molecule has 1 unspecified atom stereocenters. The van der Waals surface area contributed by atoms with E-state index in [0.29, 0.717) is 29.1 Å². The van der Waals surface area contributed by atoms with E-state index in [-0.39, 0.29) is 43.1 Å². The fraction of sp³-hybridized carbons (Fsp3) is 0.650. The minimum atomic E-state index is -2.92. The molecule has 0 aromatic heterocycles. The van der Waals surface area contributed by atoms with Gasteiger partial charge in [0.15, 0.2) is 17.5 Å². The van der Waals surface area contributed by atoms with Crippen molar-refractivity contribution in [1.29, 1.82) is 0 Å². The van der Waals surface area contributed by atoms with E-state index in [1.54, 1.807) is 13.1 Å². The number of nitrogens with zero attached hydrogens (tertiary/aromatic N) is 2. The van der Waals surface area contributed by atoms with Gasteiger partial charge >= 0.3 is 6.61 Å². The average molecular weight is 540 g/mol. The lowest BCUT2D eigenvalue weighted by Crippen LogP contribution is -2.48. The molecule has 0 bridgehead atoms. The van der Waals surface area contributed by atoms with Crippen LogP contribution >= 0.6 is 24.0 Å². The predicted octanol–water partition coefficient (Wildman–Crippen LogP) is 3.42. The number of aliphatic imine (C=N–C) groups is 1. The van der Waals surface area contributed by atoms with Gasteiger partial charge in [0.2, 0.25) is 6.79 Å². The molecule has 10 heteroatoms. The summed E-state index contributed by atoms with van der Waals surface area (Å²) in [5, 5.41) is 6.47. The number of ether oxygens (including phenoxy) is 3. The minimum absolute atomic E-state index is 0. The Morgan fingerprint density at radius 1 is 1.23 bits per heavy atom. The number of guanidine groups is 1. The number of benzene rings is 1. The molecule has 1 atom stereocenters. The van der Waals surface area contributed by atoms with E-state index < -0.39 is 6.61 Å². The summed E-state index contributed by atoms with van der Waals surface area (Å²) in [6, 6.07) is 3.46. The Labute approximate surface area is 193 Å². The number of hydrogen-bond acceptors (Lipinski definition) is 5. The smallest absolute Gasteiger partial charge is 0.387 e. The lowest BCUT2D eigenvalue weighted by atomic mass is 9.98. The first kappa shape index (κ1) is 24.7. The third-order valence-corrected chi connectivity index (χ3v) is 5.45. The second-order valence-corrected chi connectivity index (χ2v) is 7.57. The molecular weight excluding hydrogens is 509 g/mol. The van der Waals surface area contributed by atoms with Crippen LogP contribution in [-0.2, 0) is 6.54 Å². The summed E-state index contributed by atoms with van der Waals surface area (Å²) < 4.78 is 40.8. The van der Waals surface area contributed by atoms with Gasteiger partial charge in [-0.25, -0.2) is 0 Å². The SMILES string of the molecule is CN=C(NCc1cc2c(cc1OC(F)F)OCO2)NCC(C)N1CCC(C)CC1.I. The molecule has 2 aliphatic heterocycles. The van der Waals surface area contributed by atoms with Gasteiger partial charge in [0.25, 0.3) is 0 Å². The molecule has 0 amide bonds. The maximum Gasteiger partial charge on any atom is 0.387 e. The van der Waals surface area contributed by atoms with E-state index in [9.17, 15) is 8.78 Å². The summed E-state index contributed by atoms with van der Waals surface area (Å²) >= 11 is 0. The number of halogens is 3. The second-order valence-electron chi connectivity index (χ2n) is 7.57. The Morgan fingerprint density at radius 3 is 2.53 bits per heavy atom. The monoisotopic (exact) mass is 540 g/mol. The molecule has 0 saturated carbocycles. The van der Waals surface area contributed by atoms with Crippen molar-refractivity contribution in [2.45, 2.75) is 45.9 Å². The van der Waals surface area contributed by atoms with E-state index in [2.05, 4.69) is 39.1 Å². The molecule has 7 nitrogen and oxygen atoms in total. The van der Waals surface area contributed by atoms with Crippen LogP contribution in [0, 0.1) is 5.92 Å². The highest BCUT2D eigenvalue weighted by Gasteiger charge is 2.22. The fourth-order valence-electron chi connectivity index (χ4n) is 3.55. The van der Waals surface area contributed by atoms with E-state index in [0.717, 1.165) is 25.6 Å². The Bertz CT molecular complexity index is 716. The maximum absolute atomic E-state index is 12.8. The Kier molecular flexibility index (Phi) is 9.66. The highest BCUT2D eigenvalue weighted by atomic mass is 127. The zero-order valence-corrected chi connectivity index (χ0v) is 20.0. The van der Waals surface area contributed by atoms with Crippen LogP contribution < -0.4 is 24.8 Å². The van der Waals surface area contributed by atoms with Crippen molar-refractivity contribution < 1.29 is 23.0 Å². The van der Waals surface area contributed by atoms with Gasteiger partial charge in [-0.3, -0.25) is 9.89 Å². The number of fused-ring (bicyclic) bond motifs is 1. The summed E-state index contributed by atoms with van der Waals surface area (Å²) in [4.78, 5) is 6.71. The van der Waals surface area contributed by atoms with Gasteiger partial charge in [0, 0.05) is 37.8 Å². The van der Waals surface area contributed by atoms with Gasteiger partial charge in [0.05, 0.1) is 0 Å². The Hall–Kier alpha value is -1.56. The fourth-order valence-corrected chi connectivity index (χ4v) is 3.55. The number of likely N-dealkylation sites (tertiary alicyclic amines) is 1. The van der Waals surface area contributed by atoms with E-state index >= 15 is 0 Å². The number of hydrogen-bond donors (Lipinski definition) is 2. The minimum Gasteiger partial charge on any atom is -0.454 e. The number of alkyl halides is 2. The maximum atomic E-state index is 12.8. The second kappa shape index (κ2) is 11.7. The van der Waals surface area contributed by atoms with Crippen LogP contribution in [-0.4, -0.2) is 57.0 Å². The first-order valence-electron chi connectivity index (χ1n) is 10.0. The van der Waals surface area contributed by atoms with Crippen molar-refractivity contribution in [2.24, 2.45) is 10.9 Å². The van der Waals surface area contributed by atoms with Gasteiger partial charge in [0.1, 0.15) is 5.75 Å². The van der Waals surface area contributed by atoms with Crippen molar-refractivity contribution in [3.63, 3.8) is 0 Å². The van der Waals surface area contributed by atoms with Crippen LogP contribution in [0.3, 0.4) is 0 Å². The summed E-state index contributed by atoms with van der Waals surface area (Å²) in [5.41, 5.74) is 0.538. The lowest BCUT2D eigenvalue weighted by molar-refractivity contribution is -0.0505. The van der Waals surface area contributed by atoms with Crippen molar-refractivity contribution in [2.75, 3.05) is 33.5 Å². The standard InChI is InChI=1S/C20H30F2N4O3.HI/c1-13-4-6-26(7-5-13)14(2)10-24-20(23-3)25-11-15-8-17-18(28-12-27-17)9-16(15)29-19(21)22;/h8-9,13-14,19H,4-7,10-12H2,1-3H3,(H2,23,24,25);1H. The van der Waals surface area contributed by atoms with Crippen LogP contribution in [0.4, 0.5) is 8.78 Å². The molecule has 0 radical (unpaired) electrons. The van der Waals surface area contributed by atoms with Crippen LogP contribution in [0.15, 0.2) is 17.1 Å². The topological polar surface area (TPSA) is 67.4 Å². The van der Waals surface area contributed by atoms with Crippen molar-refractivity contribution in [1.82, 2.24) is 15.5 Å². The van der Waals surface area contributed by atoms with E-state index in [4.69, 9.17) is 9.47 Å². The first-order valence-corrected chi connectivity index (χ1v) is 10.0. The number of nitrogens with one attached hydrogen (secondary N) is 2. The molecule has 1 saturated heterocycles. The lowest BCUT2D eigenvalue weighted by Gasteiger charge is -2.35. The van der Waals surface area contributed by atoms with E-state index in [1.165, 1.54) is 18.9 Å². The van der Waals surface area contributed by atoms with Crippen LogP contribution in [0.1, 0.15) is 32.3 Å². The Balaban J connectivity index is 0.00000320. The molecule has 170 valence electrons.